The van der Waals surface area contributed by atoms with Crippen LogP contribution in [0.2, 0.25) is 0 Å². The number of aliphatic hydroxyl groups is 1. The minimum absolute atomic E-state index is 0.282. The molecule has 0 heterocycles. The Labute approximate surface area is 175 Å². The van der Waals surface area contributed by atoms with E-state index < -0.39 is 5.97 Å². The van der Waals surface area contributed by atoms with Crippen molar-refractivity contribution in [1.29, 1.82) is 0 Å². The zero-order chi connectivity index (χ0) is 20.8. The van der Waals surface area contributed by atoms with Gasteiger partial charge in [-0.05, 0) is 50.2 Å². The molecular weight excluding hydrogens is 372 g/mol. The Morgan fingerprint density at radius 2 is 1.93 bits per heavy atom. The number of carbonyl (C=O) groups is 1. The molecule has 0 aromatic heterocycles. The molecule has 2 N–H and O–H groups in total. The molecule has 2 rings (SSSR count). The van der Waals surface area contributed by atoms with Gasteiger partial charge < -0.3 is 10.2 Å². The zero-order valence-electron chi connectivity index (χ0n) is 17.4. The molecule has 0 bridgehead atoms. The van der Waals surface area contributed by atoms with Crippen LogP contribution in [0.1, 0.15) is 101 Å². The van der Waals surface area contributed by atoms with E-state index in [4.69, 9.17) is 16.7 Å². The first-order chi connectivity index (χ1) is 13.5. The van der Waals surface area contributed by atoms with Crippen molar-refractivity contribution in [1.82, 2.24) is 0 Å². The van der Waals surface area contributed by atoms with Crippen molar-refractivity contribution >= 4 is 17.6 Å². The summed E-state index contributed by atoms with van der Waals surface area (Å²) in [5.74, 6) is -0.201. The Balaban J connectivity index is 0.000000370. The SMILES string of the molecule is C/C=C\CCCC(=O)O.CCCCCC(O)c1ccc(C2CCC[C@@H]2Cl)cc1. The van der Waals surface area contributed by atoms with Gasteiger partial charge in [-0.25, -0.2) is 0 Å². The molecule has 0 radical (unpaired) electrons. The van der Waals surface area contributed by atoms with E-state index in [0.717, 1.165) is 37.7 Å². The lowest BCUT2D eigenvalue weighted by Gasteiger charge is -2.16. The molecule has 3 nitrogen and oxygen atoms in total. The van der Waals surface area contributed by atoms with Gasteiger partial charge in [0.15, 0.2) is 0 Å². The highest BCUT2D eigenvalue weighted by Gasteiger charge is 2.26. The second-order valence-corrected chi connectivity index (χ2v) is 8.15. The molecule has 0 saturated heterocycles. The van der Waals surface area contributed by atoms with Gasteiger partial charge in [-0.15, -0.1) is 11.6 Å². The monoisotopic (exact) mass is 408 g/mol. The third-order valence-electron chi connectivity index (χ3n) is 5.26. The number of allylic oxidation sites excluding steroid dienone is 2. The van der Waals surface area contributed by atoms with Crippen molar-refractivity contribution in [2.75, 3.05) is 0 Å². The van der Waals surface area contributed by atoms with Gasteiger partial charge in [0.1, 0.15) is 0 Å². The predicted octanol–water partition coefficient (Wildman–Crippen LogP) is 6.99. The second-order valence-electron chi connectivity index (χ2n) is 7.59. The molecule has 0 aliphatic heterocycles. The maximum absolute atomic E-state index is 10.1. The maximum Gasteiger partial charge on any atom is 0.303 e. The Hall–Kier alpha value is -1.32. The fraction of sp³-hybridized carbons (Fsp3) is 0.625. The number of halogens is 1. The molecule has 1 fully saturated rings. The van der Waals surface area contributed by atoms with E-state index in [2.05, 4.69) is 31.2 Å². The lowest BCUT2D eigenvalue weighted by Crippen LogP contribution is -2.05. The predicted molar refractivity (Wildman–Crippen MR) is 118 cm³/mol. The van der Waals surface area contributed by atoms with Crippen molar-refractivity contribution in [3.8, 4) is 0 Å². The molecule has 158 valence electrons. The summed E-state index contributed by atoms with van der Waals surface area (Å²) < 4.78 is 0. The van der Waals surface area contributed by atoms with Crippen LogP contribution in [0, 0.1) is 0 Å². The molecular formula is C24H37ClO3. The number of benzene rings is 1. The van der Waals surface area contributed by atoms with Gasteiger partial charge in [-0.3, -0.25) is 4.79 Å². The van der Waals surface area contributed by atoms with Gasteiger partial charge in [-0.2, -0.15) is 0 Å². The normalized spacial score (nSPS) is 20.0. The highest BCUT2D eigenvalue weighted by molar-refractivity contribution is 6.21. The number of alkyl halides is 1. The van der Waals surface area contributed by atoms with Crippen LogP contribution in [0.5, 0.6) is 0 Å². The first kappa shape index (κ1) is 24.7. The highest BCUT2D eigenvalue weighted by atomic mass is 35.5. The summed E-state index contributed by atoms with van der Waals surface area (Å²) in [5, 5.41) is 18.6. The lowest BCUT2D eigenvalue weighted by atomic mass is 9.94. The lowest BCUT2D eigenvalue weighted by molar-refractivity contribution is -0.137. The van der Waals surface area contributed by atoms with Crippen molar-refractivity contribution in [2.24, 2.45) is 0 Å². The van der Waals surface area contributed by atoms with Crippen molar-refractivity contribution in [3.05, 3.63) is 47.5 Å². The topological polar surface area (TPSA) is 57.5 Å². The van der Waals surface area contributed by atoms with Crippen LogP contribution in [0.25, 0.3) is 0 Å². The van der Waals surface area contributed by atoms with Crippen molar-refractivity contribution in [2.45, 2.75) is 95.5 Å². The van der Waals surface area contributed by atoms with Crippen LogP contribution in [0.3, 0.4) is 0 Å². The van der Waals surface area contributed by atoms with Crippen LogP contribution in [-0.2, 0) is 4.79 Å². The minimum Gasteiger partial charge on any atom is -0.481 e. The smallest absolute Gasteiger partial charge is 0.303 e. The molecule has 1 aliphatic carbocycles. The summed E-state index contributed by atoms with van der Waals surface area (Å²) in [6, 6.07) is 8.47. The second kappa shape index (κ2) is 14.6. The molecule has 1 aromatic carbocycles. The first-order valence-electron chi connectivity index (χ1n) is 10.7. The highest BCUT2D eigenvalue weighted by Crippen LogP contribution is 2.38. The van der Waals surface area contributed by atoms with Gasteiger partial charge >= 0.3 is 5.97 Å². The number of unbranched alkanes of at least 4 members (excludes halogenated alkanes) is 3. The fourth-order valence-corrected chi connectivity index (χ4v) is 3.97. The number of carboxylic acids is 1. The molecule has 2 unspecified atom stereocenters. The van der Waals surface area contributed by atoms with E-state index in [1.165, 1.54) is 31.2 Å². The van der Waals surface area contributed by atoms with Crippen LogP contribution in [-0.4, -0.2) is 21.6 Å². The van der Waals surface area contributed by atoms with Gasteiger partial charge in [0.25, 0.3) is 0 Å². The number of hydrogen-bond donors (Lipinski definition) is 2. The molecule has 1 aromatic rings. The molecule has 0 amide bonds. The van der Waals surface area contributed by atoms with E-state index in [1.807, 2.05) is 19.1 Å². The van der Waals surface area contributed by atoms with E-state index in [-0.39, 0.29) is 12.5 Å². The number of hydrogen-bond acceptors (Lipinski definition) is 2. The third-order valence-corrected chi connectivity index (χ3v) is 5.78. The van der Waals surface area contributed by atoms with Crippen molar-refractivity contribution in [3.63, 3.8) is 0 Å². The minimum atomic E-state index is -0.709. The molecule has 4 heteroatoms. The summed E-state index contributed by atoms with van der Waals surface area (Å²) in [5.41, 5.74) is 2.38. The van der Waals surface area contributed by atoms with Crippen LogP contribution < -0.4 is 0 Å². The first-order valence-corrected chi connectivity index (χ1v) is 11.2. The summed E-state index contributed by atoms with van der Waals surface area (Å²) in [7, 11) is 0. The molecule has 1 saturated carbocycles. The quantitative estimate of drug-likeness (QED) is 0.249. The largest absolute Gasteiger partial charge is 0.481 e. The Kier molecular flexibility index (Phi) is 12.9. The van der Waals surface area contributed by atoms with E-state index in [0.29, 0.717) is 11.3 Å². The number of aliphatic hydroxyl groups excluding tert-OH is 1. The average molecular weight is 409 g/mol. The standard InChI is InChI=1S/C17H25ClO.C7H12O2/c1-2-3-4-8-17(19)14-11-9-13(10-12-14)15-6-5-7-16(15)18;1-2-3-4-5-6-7(8)9/h9-12,15-17,19H,2-8H2,1H3;2-3H,4-6H2,1H3,(H,8,9)/b;3-2-/t15?,16-,17?;/m0./s1. The molecule has 1 aliphatic rings. The van der Waals surface area contributed by atoms with Gasteiger partial charge in [-0.1, -0.05) is 69.0 Å². The maximum atomic E-state index is 10.1. The van der Waals surface area contributed by atoms with Gasteiger partial charge in [0.2, 0.25) is 0 Å². The Morgan fingerprint density at radius 3 is 2.46 bits per heavy atom. The number of rotatable bonds is 10. The number of carboxylic acid groups (broad SMARTS) is 1. The summed E-state index contributed by atoms with van der Waals surface area (Å²) in [6.45, 7) is 4.12. The summed E-state index contributed by atoms with van der Waals surface area (Å²) in [4.78, 5) is 9.94. The third kappa shape index (κ3) is 9.75. The Bertz CT molecular complexity index is 568. The number of aliphatic carboxylic acids is 1. The summed E-state index contributed by atoms with van der Waals surface area (Å²) in [6.07, 6.45) is 13.4. The van der Waals surface area contributed by atoms with Gasteiger partial charge in [0.05, 0.1) is 6.10 Å². The summed E-state index contributed by atoms with van der Waals surface area (Å²) >= 11 is 6.35. The fourth-order valence-electron chi connectivity index (χ4n) is 3.55. The van der Waals surface area contributed by atoms with E-state index >= 15 is 0 Å². The van der Waals surface area contributed by atoms with Crippen LogP contribution >= 0.6 is 11.6 Å². The van der Waals surface area contributed by atoms with Crippen LogP contribution in [0.4, 0.5) is 0 Å². The molecule has 28 heavy (non-hydrogen) atoms. The molecule has 0 spiro atoms. The van der Waals surface area contributed by atoms with E-state index in [9.17, 15) is 9.90 Å². The van der Waals surface area contributed by atoms with Crippen LogP contribution in [0.15, 0.2) is 36.4 Å². The van der Waals surface area contributed by atoms with Gasteiger partial charge in [0, 0.05) is 17.7 Å². The zero-order valence-corrected chi connectivity index (χ0v) is 18.2. The molecule has 3 atom stereocenters. The average Bonchev–Trinajstić information content (AvgIpc) is 3.12. The Morgan fingerprint density at radius 1 is 1.21 bits per heavy atom. The van der Waals surface area contributed by atoms with E-state index in [1.54, 1.807) is 0 Å². The van der Waals surface area contributed by atoms with Crippen molar-refractivity contribution < 1.29 is 15.0 Å².